The molecule has 4 rings (SSSR count). The summed E-state index contributed by atoms with van der Waals surface area (Å²) in [6.45, 7) is 0.0671. The minimum absolute atomic E-state index is 0.0671. The van der Waals surface area contributed by atoms with Crippen LogP contribution < -0.4 is 16.2 Å². The first-order chi connectivity index (χ1) is 18.5. The third kappa shape index (κ3) is 6.60. The fourth-order valence-electron chi connectivity index (χ4n) is 4.34. The molecule has 0 saturated carbocycles. The van der Waals surface area contributed by atoms with E-state index in [0.29, 0.717) is 11.3 Å². The molecule has 0 saturated heterocycles. The number of anilines is 1. The van der Waals surface area contributed by atoms with Crippen LogP contribution in [0.25, 0.3) is 0 Å². The highest BCUT2D eigenvalue weighted by molar-refractivity contribution is 7.90. The predicted molar refractivity (Wildman–Crippen MR) is 140 cm³/mol. The third-order valence-electron chi connectivity index (χ3n) is 6.25. The molecule has 1 aliphatic heterocycles. The summed E-state index contributed by atoms with van der Waals surface area (Å²) in [5.74, 6) is -2.13. The standard InChI is InChI=1S/C27H26N4O7S/c28-21-11-10-19-15-23(26(34)38-27(29)35)31(16-20(19)14-21)24(32)12-9-17-5-4-8-22(13-17)39(36,37)30-25(33)18-6-2-1-3-7-18/h1-8,10-11,13-14,23H,9,12,15-16,28H2,(H2,29,35)(H,30,33). The van der Waals surface area contributed by atoms with Crippen molar-refractivity contribution < 1.29 is 32.3 Å². The largest absolute Gasteiger partial charge is 0.412 e. The Morgan fingerprint density at radius 2 is 1.69 bits per heavy atom. The van der Waals surface area contributed by atoms with Crippen molar-refractivity contribution in [2.45, 2.75) is 36.7 Å². The summed E-state index contributed by atoms with van der Waals surface area (Å²) >= 11 is 0. The highest BCUT2D eigenvalue weighted by Gasteiger charge is 2.36. The van der Waals surface area contributed by atoms with E-state index in [0.717, 1.165) is 11.1 Å². The molecule has 0 aliphatic carbocycles. The Morgan fingerprint density at radius 3 is 2.41 bits per heavy atom. The lowest BCUT2D eigenvalue weighted by molar-refractivity contribution is -0.151. The lowest BCUT2D eigenvalue weighted by Gasteiger charge is -2.35. The third-order valence-corrected chi connectivity index (χ3v) is 7.58. The van der Waals surface area contributed by atoms with Crippen molar-refractivity contribution in [1.29, 1.82) is 0 Å². The van der Waals surface area contributed by atoms with E-state index in [1.807, 2.05) is 4.72 Å². The number of amides is 3. The number of hydrogen-bond acceptors (Lipinski definition) is 8. The van der Waals surface area contributed by atoms with Crippen LogP contribution >= 0.6 is 0 Å². The summed E-state index contributed by atoms with van der Waals surface area (Å²) in [5, 5.41) is 0. The van der Waals surface area contributed by atoms with Crippen LogP contribution in [0, 0.1) is 0 Å². The van der Waals surface area contributed by atoms with Crippen molar-refractivity contribution in [1.82, 2.24) is 9.62 Å². The Balaban J connectivity index is 1.48. The molecular weight excluding hydrogens is 524 g/mol. The van der Waals surface area contributed by atoms with E-state index >= 15 is 0 Å². The van der Waals surface area contributed by atoms with E-state index in [2.05, 4.69) is 4.74 Å². The van der Waals surface area contributed by atoms with Crippen LogP contribution in [0.15, 0.2) is 77.7 Å². The second-order valence-electron chi connectivity index (χ2n) is 8.96. The first-order valence-electron chi connectivity index (χ1n) is 11.9. The van der Waals surface area contributed by atoms with E-state index < -0.39 is 39.9 Å². The van der Waals surface area contributed by atoms with E-state index in [-0.39, 0.29) is 36.3 Å². The zero-order chi connectivity index (χ0) is 28.2. The topological polar surface area (TPSA) is 179 Å². The molecular formula is C27H26N4O7S. The van der Waals surface area contributed by atoms with Gasteiger partial charge in [0.2, 0.25) is 5.91 Å². The summed E-state index contributed by atoms with van der Waals surface area (Å²) in [6, 6.07) is 17.9. The summed E-state index contributed by atoms with van der Waals surface area (Å²) in [5.41, 5.74) is 13.6. The predicted octanol–water partition coefficient (Wildman–Crippen LogP) is 1.90. The van der Waals surface area contributed by atoms with Gasteiger partial charge in [-0.25, -0.2) is 22.7 Å². The Bertz CT molecular complexity index is 1540. The Kier molecular flexibility index (Phi) is 7.96. The number of benzene rings is 3. The highest BCUT2D eigenvalue weighted by Crippen LogP contribution is 2.27. The molecule has 5 N–H and O–H groups in total. The fourth-order valence-corrected chi connectivity index (χ4v) is 5.38. The number of nitrogens with one attached hydrogen (secondary N) is 1. The van der Waals surface area contributed by atoms with Crippen LogP contribution in [0.1, 0.15) is 33.5 Å². The van der Waals surface area contributed by atoms with Gasteiger partial charge in [0.25, 0.3) is 15.9 Å². The Morgan fingerprint density at radius 1 is 0.949 bits per heavy atom. The van der Waals surface area contributed by atoms with Crippen molar-refractivity contribution in [3.8, 4) is 0 Å². The Labute approximate surface area is 224 Å². The lowest BCUT2D eigenvalue weighted by Crippen LogP contribution is -2.50. The first-order valence-corrected chi connectivity index (χ1v) is 13.4. The second-order valence-corrected chi connectivity index (χ2v) is 10.6. The van der Waals surface area contributed by atoms with E-state index in [1.54, 1.807) is 42.5 Å². The number of carbonyl (C=O) groups is 4. The van der Waals surface area contributed by atoms with Gasteiger partial charge in [-0.15, -0.1) is 0 Å². The van der Waals surface area contributed by atoms with Gasteiger partial charge >= 0.3 is 12.1 Å². The van der Waals surface area contributed by atoms with Crippen LogP contribution in [0.5, 0.6) is 0 Å². The van der Waals surface area contributed by atoms with Crippen molar-refractivity contribution in [3.05, 3.63) is 95.1 Å². The molecule has 0 fully saturated rings. The number of fused-ring (bicyclic) bond motifs is 1. The lowest BCUT2D eigenvalue weighted by atomic mass is 9.93. The maximum Gasteiger partial charge on any atom is 0.412 e. The number of primary amides is 1. The van der Waals surface area contributed by atoms with Gasteiger partial charge in [0.1, 0.15) is 6.04 Å². The number of hydrogen-bond donors (Lipinski definition) is 3. The van der Waals surface area contributed by atoms with Crippen LogP contribution in [-0.4, -0.2) is 43.2 Å². The number of rotatable bonds is 7. The number of nitrogen functional groups attached to an aromatic ring is 1. The molecule has 3 aromatic carbocycles. The zero-order valence-corrected chi connectivity index (χ0v) is 21.5. The molecule has 0 bridgehead atoms. The zero-order valence-electron chi connectivity index (χ0n) is 20.7. The van der Waals surface area contributed by atoms with Crippen molar-refractivity contribution in [2.75, 3.05) is 5.73 Å². The van der Waals surface area contributed by atoms with Crippen LogP contribution in [0.4, 0.5) is 10.5 Å². The molecule has 0 aromatic heterocycles. The van der Waals surface area contributed by atoms with Crippen LogP contribution in [0.2, 0.25) is 0 Å². The number of sulfonamides is 1. The quantitative estimate of drug-likeness (QED) is 0.227. The monoisotopic (exact) mass is 550 g/mol. The Hall–Kier alpha value is -4.71. The van der Waals surface area contributed by atoms with Gasteiger partial charge in [0.15, 0.2) is 0 Å². The number of nitrogens with zero attached hydrogens (tertiary/aromatic N) is 1. The summed E-state index contributed by atoms with van der Waals surface area (Å²) in [4.78, 5) is 50.5. The highest BCUT2D eigenvalue weighted by atomic mass is 32.2. The van der Waals surface area contributed by atoms with Gasteiger partial charge in [-0.2, -0.15) is 0 Å². The molecule has 0 radical (unpaired) electrons. The number of nitrogens with two attached hydrogens (primary N) is 2. The van der Waals surface area contributed by atoms with E-state index in [1.165, 1.54) is 35.2 Å². The summed E-state index contributed by atoms with van der Waals surface area (Å²) in [7, 11) is -4.17. The molecule has 0 spiro atoms. The van der Waals surface area contributed by atoms with Gasteiger partial charge in [-0.05, 0) is 59.5 Å². The second kappa shape index (κ2) is 11.4. The number of aryl methyl sites for hydroxylation is 1. The molecule has 3 amide bonds. The molecule has 202 valence electrons. The van der Waals surface area contributed by atoms with Gasteiger partial charge < -0.3 is 21.1 Å². The maximum absolute atomic E-state index is 13.2. The van der Waals surface area contributed by atoms with Crippen molar-refractivity contribution >= 4 is 39.6 Å². The SMILES string of the molecule is NC(=O)OC(=O)C1Cc2ccc(N)cc2CN1C(=O)CCc1cccc(S(=O)(=O)NC(=O)c2ccccc2)c1. The molecule has 1 heterocycles. The van der Waals surface area contributed by atoms with Gasteiger partial charge in [-0.1, -0.05) is 36.4 Å². The number of ether oxygens (including phenoxy) is 1. The van der Waals surface area contributed by atoms with Crippen molar-refractivity contribution in [2.24, 2.45) is 5.73 Å². The smallest absolute Gasteiger partial charge is 0.399 e. The molecule has 1 atom stereocenters. The normalized spacial score (nSPS) is 14.7. The number of carbonyl (C=O) groups excluding carboxylic acids is 4. The molecule has 1 aliphatic rings. The first kappa shape index (κ1) is 27.3. The van der Waals surface area contributed by atoms with Gasteiger partial charge in [0.05, 0.1) is 4.90 Å². The molecule has 12 heteroatoms. The van der Waals surface area contributed by atoms with Gasteiger partial charge in [0, 0.05) is 30.6 Å². The average Bonchev–Trinajstić information content (AvgIpc) is 2.91. The minimum atomic E-state index is -4.17. The van der Waals surface area contributed by atoms with E-state index in [4.69, 9.17) is 11.5 Å². The average molecular weight is 551 g/mol. The maximum atomic E-state index is 13.2. The number of esters is 1. The summed E-state index contributed by atoms with van der Waals surface area (Å²) < 4.78 is 32.2. The molecule has 1 unspecified atom stereocenters. The van der Waals surface area contributed by atoms with E-state index in [9.17, 15) is 27.6 Å². The minimum Gasteiger partial charge on any atom is -0.399 e. The fraction of sp³-hybridized carbons (Fsp3) is 0.185. The summed E-state index contributed by atoms with van der Waals surface area (Å²) in [6.07, 6.45) is -1.08. The molecule has 11 nitrogen and oxygen atoms in total. The molecule has 3 aromatic rings. The van der Waals surface area contributed by atoms with Crippen LogP contribution in [0.3, 0.4) is 0 Å². The van der Waals surface area contributed by atoms with Gasteiger partial charge in [-0.3, -0.25) is 9.59 Å². The van der Waals surface area contributed by atoms with Crippen LogP contribution in [-0.2, 0) is 43.7 Å². The van der Waals surface area contributed by atoms with Crippen molar-refractivity contribution in [3.63, 3.8) is 0 Å². The molecule has 39 heavy (non-hydrogen) atoms.